The number of nitrogens with one attached hydrogen (secondary N) is 2. The standard InChI is InChI=1S/C17H30N4O.HI/c1-21(2)16(22)13-19-17(20-15-10-6-7-11-15)18-12-14-8-4-3-5-9-14;/h6-7,14-15H,3-5,8-13H2,1-2H3,(H2,18,19,20);1H. The first-order valence-electron chi connectivity index (χ1n) is 8.55. The fraction of sp³-hybridized carbons (Fsp3) is 0.765. The van der Waals surface area contributed by atoms with Gasteiger partial charge >= 0.3 is 0 Å². The minimum atomic E-state index is 0. The number of nitrogens with zero attached hydrogens (tertiary/aromatic N) is 2. The van der Waals surface area contributed by atoms with Gasteiger partial charge < -0.3 is 15.5 Å². The Balaban J connectivity index is 0.00000264. The second kappa shape index (κ2) is 10.9. The van der Waals surface area contributed by atoms with E-state index < -0.39 is 0 Å². The van der Waals surface area contributed by atoms with Crippen LogP contribution < -0.4 is 10.6 Å². The largest absolute Gasteiger partial charge is 0.356 e. The molecule has 0 aromatic rings. The van der Waals surface area contributed by atoms with Crippen molar-refractivity contribution >= 4 is 35.8 Å². The smallest absolute Gasteiger partial charge is 0.243 e. The highest BCUT2D eigenvalue weighted by atomic mass is 127. The normalized spacial score (nSPS) is 19.3. The topological polar surface area (TPSA) is 56.7 Å². The molecule has 2 aliphatic carbocycles. The summed E-state index contributed by atoms with van der Waals surface area (Å²) in [6.07, 6.45) is 13.1. The van der Waals surface area contributed by atoms with E-state index in [1.165, 1.54) is 32.1 Å². The van der Waals surface area contributed by atoms with Crippen molar-refractivity contribution < 1.29 is 4.79 Å². The summed E-state index contributed by atoms with van der Waals surface area (Å²) in [5.41, 5.74) is 0. The maximum atomic E-state index is 11.7. The summed E-state index contributed by atoms with van der Waals surface area (Å²) in [6.45, 7) is 1.16. The fourth-order valence-corrected chi connectivity index (χ4v) is 3.00. The van der Waals surface area contributed by atoms with Crippen LogP contribution in [0.4, 0.5) is 0 Å². The maximum absolute atomic E-state index is 11.7. The summed E-state index contributed by atoms with van der Waals surface area (Å²) in [7, 11) is 3.53. The predicted molar refractivity (Wildman–Crippen MR) is 106 cm³/mol. The molecule has 0 spiro atoms. The van der Waals surface area contributed by atoms with Gasteiger partial charge in [-0.3, -0.25) is 4.79 Å². The molecule has 5 nitrogen and oxygen atoms in total. The molecule has 0 unspecified atom stereocenters. The van der Waals surface area contributed by atoms with Crippen LogP contribution in [0.1, 0.15) is 44.9 Å². The van der Waals surface area contributed by atoms with E-state index >= 15 is 0 Å². The molecule has 0 atom stereocenters. The van der Waals surface area contributed by atoms with Crippen LogP contribution in [0.15, 0.2) is 17.1 Å². The van der Waals surface area contributed by atoms with Crippen LogP contribution in [0.5, 0.6) is 0 Å². The highest BCUT2D eigenvalue weighted by Gasteiger charge is 2.16. The van der Waals surface area contributed by atoms with Crippen molar-refractivity contribution in [1.29, 1.82) is 0 Å². The van der Waals surface area contributed by atoms with Crippen molar-refractivity contribution in [3.63, 3.8) is 0 Å². The first kappa shape index (κ1) is 20.3. The lowest BCUT2D eigenvalue weighted by molar-refractivity contribution is -0.127. The molecule has 23 heavy (non-hydrogen) atoms. The van der Waals surface area contributed by atoms with E-state index in [-0.39, 0.29) is 36.4 Å². The minimum absolute atomic E-state index is 0. The SMILES string of the molecule is CN(C)C(=O)CN=C(NCC1CCCCC1)NC1CC=CC1.I. The molecule has 6 heteroatoms. The molecule has 0 aromatic heterocycles. The zero-order valence-electron chi connectivity index (χ0n) is 14.4. The summed E-state index contributed by atoms with van der Waals surface area (Å²) in [4.78, 5) is 17.8. The zero-order chi connectivity index (χ0) is 15.8. The van der Waals surface area contributed by atoms with Crippen LogP contribution in [0, 0.1) is 5.92 Å². The first-order chi connectivity index (χ1) is 10.6. The van der Waals surface area contributed by atoms with Gasteiger partial charge in [0.2, 0.25) is 5.91 Å². The number of carbonyl (C=O) groups is 1. The van der Waals surface area contributed by atoms with Gasteiger partial charge in [-0.1, -0.05) is 31.4 Å². The third kappa shape index (κ3) is 7.54. The molecule has 2 aliphatic rings. The summed E-state index contributed by atoms with van der Waals surface area (Å²) in [5, 5.41) is 6.91. The van der Waals surface area contributed by atoms with Gasteiger partial charge in [0, 0.05) is 26.7 Å². The molecule has 2 rings (SSSR count). The Kier molecular flexibility index (Phi) is 9.59. The Morgan fingerprint density at radius 2 is 1.83 bits per heavy atom. The van der Waals surface area contributed by atoms with E-state index in [2.05, 4.69) is 27.8 Å². The molecule has 0 bridgehead atoms. The molecule has 1 amide bonds. The van der Waals surface area contributed by atoms with E-state index in [0.717, 1.165) is 31.3 Å². The number of guanidine groups is 1. The van der Waals surface area contributed by atoms with Crippen molar-refractivity contribution in [2.24, 2.45) is 10.9 Å². The van der Waals surface area contributed by atoms with Gasteiger partial charge in [0.05, 0.1) is 0 Å². The molecule has 1 fully saturated rings. The molecule has 132 valence electrons. The van der Waals surface area contributed by atoms with Gasteiger partial charge in [-0.15, -0.1) is 24.0 Å². The zero-order valence-corrected chi connectivity index (χ0v) is 16.7. The van der Waals surface area contributed by atoms with Gasteiger partial charge in [0.25, 0.3) is 0 Å². The van der Waals surface area contributed by atoms with Gasteiger partial charge in [0.1, 0.15) is 6.54 Å². The Hall–Kier alpha value is -0.790. The molecular formula is C17H31IN4O. The summed E-state index contributed by atoms with van der Waals surface area (Å²) >= 11 is 0. The molecule has 0 aliphatic heterocycles. The molecule has 0 heterocycles. The third-order valence-corrected chi connectivity index (χ3v) is 4.50. The molecule has 0 radical (unpaired) electrons. The second-order valence-corrected chi connectivity index (χ2v) is 6.62. The number of likely N-dealkylation sites (N-methyl/N-ethyl adjacent to an activating group) is 1. The van der Waals surface area contributed by atoms with Crippen molar-refractivity contribution in [1.82, 2.24) is 15.5 Å². The number of hydrogen-bond acceptors (Lipinski definition) is 2. The van der Waals surface area contributed by atoms with Gasteiger partial charge in [-0.25, -0.2) is 4.99 Å². The van der Waals surface area contributed by atoms with Crippen molar-refractivity contribution in [2.75, 3.05) is 27.2 Å². The molecule has 0 saturated heterocycles. The van der Waals surface area contributed by atoms with E-state index in [1.807, 2.05) is 0 Å². The number of aliphatic imine (C=N–C) groups is 1. The van der Waals surface area contributed by atoms with Crippen LogP contribution in [-0.2, 0) is 4.79 Å². The van der Waals surface area contributed by atoms with E-state index in [4.69, 9.17) is 0 Å². The van der Waals surface area contributed by atoms with Crippen LogP contribution in [0.25, 0.3) is 0 Å². The number of halogens is 1. The number of rotatable bonds is 5. The summed E-state index contributed by atoms with van der Waals surface area (Å²) in [6, 6.07) is 0.409. The summed E-state index contributed by atoms with van der Waals surface area (Å²) in [5.74, 6) is 1.56. The van der Waals surface area contributed by atoms with Crippen molar-refractivity contribution in [3.8, 4) is 0 Å². The highest BCUT2D eigenvalue weighted by Crippen LogP contribution is 2.22. The third-order valence-electron chi connectivity index (χ3n) is 4.50. The predicted octanol–water partition coefficient (Wildman–Crippen LogP) is 2.53. The Morgan fingerprint density at radius 3 is 2.43 bits per heavy atom. The minimum Gasteiger partial charge on any atom is -0.356 e. The molecular weight excluding hydrogens is 403 g/mol. The van der Waals surface area contributed by atoms with E-state index in [1.54, 1.807) is 19.0 Å². The lowest BCUT2D eigenvalue weighted by Crippen LogP contribution is -2.45. The first-order valence-corrected chi connectivity index (χ1v) is 8.55. The van der Waals surface area contributed by atoms with Crippen molar-refractivity contribution in [2.45, 2.75) is 51.0 Å². The average Bonchev–Trinajstić information content (AvgIpc) is 3.03. The number of hydrogen-bond donors (Lipinski definition) is 2. The fourth-order valence-electron chi connectivity index (χ4n) is 3.00. The lowest BCUT2D eigenvalue weighted by Gasteiger charge is -2.24. The number of amides is 1. The van der Waals surface area contributed by atoms with E-state index in [0.29, 0.717) is 6.04 Å². The van der Waals surface area contributed by atoms with E-state index in [9.17, 15) is 4.79 Å². The Morgan fingerprint density at radius 1 is 1.17 bits per heavy atom. The highest BCUT2D eigenvalue weighted by molar-refractivity contribution is 14.0. The Bertz CT molecular complexity index is 409. The van der Waals surface area contributed by atoms with Gasteiger partial charge in [0.15, 0.2) is 5.96 Å². The Labute approximate surface area is 157 Å². The molecule has 2 N–H and O–H groups in total. The maximum Gasteiger partial charge on any atom is 0.243 e. The molecule has 0 aromatic carbocycles. The second-order valence-electron chi connectivity index (χ2n) is 6.62. The lowest BCUT2D eigenvalue weighted by atomic mass is 9.89. The van der Waals surface area contributed by atoms with Crippen molar-refractivity contribution in [3.05, 3.63) is 12.2 Å². The van der Waals surface area contributed by atoms with Crippen LogP contribution in [-0.4, -0.2) is 50.0 Å². The average molecular weight is 434 g/mol. The summed E-state index contributed by atoms with van der Waals surface area (Å²) < 4.78 is 0. The van der Waals surface area contributed by atoms with Crippen LogP contribution in [0.3, 0.4) is 0 Å². The quantitative estimate of drug-likeness (QED) is 0.303. The van der Waals surface area contributed by atoms with Crippen LogP contribution in [0.2, 0.25) is 0 Å². The monoisotopic (exact) mass is 434 g/mol. The van der Waals surface area contributed by atoms with Crippen LogP contribution >= 0.6 is 24.0 Å². The molecule has 1 saturated carbocycles. The number of carbonyl (C=O) groups excluding carboxylic acids is 1. The van der Waals surface area contributed by atoms with Gasteiger partial charge in [-0.2, -0.15) is 0 Å². The van der Waals surface area contributed by atoms with Gasteiger partial charge in [-0.05, 0) is 31.6 Å².